The number of halogens is 2. The van der Waals surface area contributed by atoms with Crippen LogP contribution in [0.15, 0.2) is 24.3 Å². The van der Waals surface area contributed by atoms with E-state index < -0.39 is 0 Å². The zero-order valence-corrected chi connectivity index (χ0v) is 31.0. The topological polar surface area (TPSA) is 4.93 Å². The van der Waals surface area contributed by atoms with E-state index in [1.165, 1.54) is 86.4 Å². The van der Waals surface area contributed by atoms with Crippen LogP contribution in [0.25, 0.3) is 27.5 Å². The standard InChI is InChI=1S/C42H41B2Br2N/c1-40(2,3)22-10-31-39-32(11-22)44(46)36-34-21-7-26-9-24-5-19(15-42(24,26)17-21)28(34)13-30-29-12-27-18-4-23-8-25-6-20(16-41(23,25)14-18)33(27)35(43(31)45)37(29)47(39)38(30)36/h10-13,18-21,23-26H,4-9,14-17H2,1-3H3. The van der Waals surface area contributed by atoms with Gasteiger partial charge in [0.2, 0.25) is 0 Å². The SMILES string of the molecule is CC(C)(C)c1cc2c3c(c1)B(Br)c1c4c(cc5c6cc7c(c(c6n-3c15)B2Br)C1CC2CC3CC7CC32C1)C1CC2CC3CC4CC23C1. The molecule has 234 valence electrons. The lowest BCUT2D eigenvalue weighted by molar-refractivity contribution is 0.00321. The van der Waals surface area contributed by atoms with Crippen LogP contribution in [-0.4, -0.2) is 15.6 Å². The molecule has 2 aliphatic heterocycles. The van der Waals surface area contributed by atoms with Gasteiger partial charge in [0.15, 0.2) is 0 Å². The van der Waals surface area contributed by atoms with E-state index in [1.807, 2.05) is 11.1 Å². The normalized spacial score (nSPS) is 41.0. The second-order valence-electron chi connectivity index (χ2n) is 20.0. The van der Waals surface area contributed by atoms with Crippen molar-refractivity contribution in [1.29, 1.82) is 0 Å². The minimum atomic E-state index is 0.101. The highest BCUT2D eigenvalue weighted by Gasteiger charge is 2.67. The summed E-state index contributed by atoms with van der Waals surface area (Å²) in [7, 11) is 0. The molecule has 8 aliphatic carbocycles. The van der Waals surface area contributed by atoms with Gasteiger partial charge < -0.3 is 4.57 Å². The first-order valence-electron chi connectivity index (χ1n) is 19.3. The third kappa shape index (κ3) is 2.59. The molecule has 1 aromatic heterocycles. The van der Waals surface area contributed by atoms with Crippen molar-refractivity contribution in [2.24, 2.45) is 34.5 Å². The summed E-state index contributed by atoms with van der Waals surface area (Å²) in [6.07, 6.45) is 14.8. The van der Waals surface area contributed by atoms with Crippen LogP contribution in [0.1, 0.15) is 136 Å². The van der Waals surface area contributed by atoms with Gasteiger partial charge in [0.05, 0.1) is 11.0 Å². The summed E-state index contributed by atoms with van der Waals surface area (Å²) in [5, 5.41) is 3.19. The van der Waals surface area contributed by atoms with Gasteiger partial charge in [-0.1, -0.05) is 32.9 Å². The van der Waals surface area contributed by atoms with Crippen LogP contribution < -0.4 is 21.9 Å². The lowest BCUT2D eigenvalue weighted by Crippen LogP contribution is -2.55. The lowest BCUT2D eigenvalue weighted by Gasteiger charge is -2.48. The van der Waals surface area contributed by atoms with Crippen molar-refractivity contribution in [2.75, 3.05) is 0 Å². The number of rotatable bonds is 0. The fourth-order valence-electron chi connectivity index (χ4n) is 16.1. The number of hydrogen-bond acceptors (Lipinski definition) is 0. The Labute approximate surface area is 295 Å². The molecule has 4 aromatic rings. The summed E-state index contributed by atoms with van der Waals surface area (Å²) in [5.41, 5.74) is 21.8. The monoisotopic (exact) mass is 739 g/mol. The average Bonchev–Trinajstić information content (AvgIpc) is 3.75. The van der Waals surface area contributed by atoms with E-state index in [1.54, 1.807) is 43.9 Å². The van der Waals surface area contributed by atoms with Gasteiger partial charge in [-0.25, -0.2) is 0 Å². The van der Waals surface area contributed by atoms with E-state index in [2.05, 4.69) is 81.1 Å². The molecular weight excluding hydrogens is 700 g/mol. The van der Waals surface area contributed by atoms with Crippen LogP contribution in [0.2, 0.25) is 0 Å². The van der Waals surface area contributed by atoms with Gasteiger partial charge in [0.1, 0.15) is 0 Å². The predicted molar refractivity (Wildman–Crippen MR) is 203 cm³/mol. The van der Waals surface area contributed by atoms with E-state index in [0.29, 0.717) is 10.8 Å². The maximum Gasteiger partial charge on any atom is 0.291 e. The zero-order valence-electron chi connectivity index (χ0n) is 27.9. The van der Waals surface area contributed by atoms with E-state index in [9.17, 15) is 0 Å². The first-order valence-corrected chi connectivity index (χ1v) is 21.2. The van der Waals surface area contributed by atoms with E-state index in [0.717, 1.165) is 47.3 Å². The molecule has 3 heterocycles. The van der Waals surface area contributed by atoms with Crippen molar-refractivity contribution in [3.05, 3.63) is 52.1 Å². The molecule has 3 aromatic carbocycles. The van der Waals surface area contributed by atoms with Gasteiger partial charge in [-0.3, -0.25) is 0 Å². The van der Waals surface area contributed by atoms with Crippen molar-refractivity contribution < 1.29 is 0 Å². The van der Waals surface area contributed by atoms with Crippen molar-refractivity contribution in [3.8, 4) is 5.69 Å². The Morgan fingerprint density at radius 3 is 1.49 bits per heavy atom. The van der Waals surface area contributed by atoms with Gasteiger partial charge >= 0.3 is 0 Å². The lowest BCUT2D eigenvalue weighted by atomic mass is 9.51. The fourth-order valence-corrected chi connectivity index (χ4v) is 17.7. The molecule has 10 atom stereocenters. The maximum absolute atomic E-state index is 4.55. The molecular formula is C42H41B2Br2N. The quantitative estimate of drug-likeness (QED) is 0.160. The Morgan fingerprint density at radius 2 is 1.04 bits per heavy atom. The summed E-state index contributed by atoms with van der Waals surface area (Å²) in [4.78, 5) is 0. The van der Waals surface area contributed by atoms with Gasteiger partial charge in [0.25, 0.3) is 11.1 Å². The number of aromatic nitrogens is 1. The highest BCUT2D eigenvalue weighted by atomic mass is 79.9. The molecule has 0 N–H and O–H groups in total. The molecule has 0 radical (unpaired) electrons. The first-order chi connectivity index (χ1) is 22.6. The van der Waals surface area contributed by atoms with Crippen LogP contribution in [0.5, 0.6) is 0 Å². The Balaban J connectivity index is 1.17. The molecule has 14 rings (SSSR count). The van der Waals surface area contributed by atoms with Crippen LogP contribution in [0, 0.1) is 34.5 Å². The van der Waals surface area contributed by atoms with Crippen LogP contribution >= 0.6 is 31.5 Å². The van der Waals surface area contributed by atoms with Crippen LogP contribution in [0.3, 0.4) is 0 Å². The largest absolute Gasteiger partial charge is 0.311 e. The fraction of sp³-hybridized carbons (Fsp3) is 0.571. The second kappa shape index (κ2) is 7.58. The molecule has 47 heavy (non-hydrogen) atoms. The average molecular weight is 741 g/mol. The highest BCUT2D eigenvalue weighted by molar-refractivity contribution is 9.25. The van der Waals surface area contributed by atoms with Gasteiger partial charge in [-0.2, -0.15) is 0 Å². The van der Waals surface area contributed by atoms with Gasteiger partial charge in [-0.15, -0.1) is 31.5 Å². The minimum Gasteiger partial charge on any atom is -0.311 e. The molecule has 10 unspecified atom stereocenters. The van der Waals surface area contributed by atoms with Crippen LogP contribution in [0.4, 0.5) is 0 Å². The summed E-state index contributed by atoms with van der Waals surface area (Å²) in [6.45, 7) is 7.27. The Bertz CT molecular complexity index is 2130. The highest BCUT2D eigenvalue weighted by Crippen LogP contribution is 2.77. The molecule has 0 amide bonds. The number of benzene rings is 3. The Hall–Kier alpha value is -1.45. The second-order valence-corrected chi connectivity index (χ2v) is 21.8. The minimum absolute atomic E-state index is 0.101. The number of hydrogen-bond donors (Lipinski definition) is 0. The van der Waals surface area contributed by atoms with Gasteiger partial charge in [-0.05, 0) is 190 Å². The van der Waals surface area contributed by atoms with Crippen molar-refractivity contribution >= 4 is 86.2 Å². The molecule has 10 aliphatic rings. The summed E-state index contributed by atoms with van der Waals surface area (Å²) >= 11 is 9.09. The molecule has 1 nitrogen and oxygen atoms in total. The molecule has 0 saturated heterocycles. The molecule has 6 fully saturated rings. The number of fused-ring (bicyclic) bond motifs is 13. The number of nitrogens with zero attached hydrogens (tertiary/aromatic N) is 1. The summed E-state index contributed by atoms with van der Waals surface area (Å²) in [6, 6.07) is 10.9. The van der Waals surface area contributed by atoms with E-state index >= 15 is 0 Å². The van der Waals surface area contributed by atoms with Crippen molar-refractivity contribution in [1.82, 2.24) is 4.57 Å². The third-order valence-electron chi connectivity index (χ3n) is 17.7. The van der Waals surface area contributed by atoms with Crippen LogP contribution in [-0.2, 0) is 5.41 Å². The Morgan fingerprint density at radius 1 is 0.617 bits per heavy atom. The summed E-state index contributed by atoms with van der Waals surface area (Å²) < 4.78 is 2.88. The van der Waals surface area contributed by atoms with Crippen molar-refractivity contribution in [2.45, 2.75) is 114 Å². The first kappa shape index (κ1) is 26.4. The van der Waals surface area contributed by atoms with E-state index in [-0.39, 0.29) is 16.5 Å². The third-order valence-corrected chi connectivity index (χ3v) is 19.6. The van der Waals surface area contributed by atoms with Gasteiger partial charge in [0, 0.05) is 16.5 Å². The predicted octanol–water partition coefficient (Wildman–Crippen LogP) is 8.49. The van der Waals surface area contributed by atoms with Crippen molar-refractivity contribution in [3.63, 3.8) is 0 Å². The zero-order chi connectivity index (χ0) is 30.8. The molecule has 6 saturated carbocycles. The summed E-state index contributed by atoms with van der Waals surface area (Å²) in [5.74, 6) is 7.07. The smallest absolute Gasteiger partial charge is 0.291 e. The maximum atomic E-state index is 4.55. The molecule has 6 bridgehead atoms. The molecule has 2 spiro atoms. The Kier molecular flexibility index (Phi) is 4.26. The molecule has 5 heteroatoms. The van der Waals surface area contributed by atoms with E-state index in [4.69, 9.17) is 0 Å².